The lowest BCUT2D eigenvalue weighted by molar-refractivity contribution is -0.164. The molecular weight excluding hydrogens is 719 g/mol. The summed E-state index contributed by atoms with van der Waals surface area (Å²) in [6, 6.07) is 6.87. The molecule has 2 atom stereocenters. The van der Waals surface area contributed by atoms with Gasteiger partial charge in [-0.05, 0) is 60.1 Å². The highest BCUT2D eigenvalue weighted by molar-refractivity contribution is 7.13. The van der Waals surface area contributed by atoms with E-state index in [4.69, 9.17) is 16.3 Å². The Morgan fingerprint density at radius 1 is 1.14 bits per heavy atom. The number of ether oxygens (including phenoxy) is 1. The van der Waals surface area contributed by atoms with Gasteiger partial charge in [0.1, 0.15) is 24.3 Å². The van der Waals surface area contributed by atoms with Gasteiger partial charge in [-0.1, -0.05) is 44.5 Å². The van der Waals surface area contributed by atoms with Crippen molar-refractivity contribution in [1.29, 1.82) is 0 Å². The second-order valence-electron chi connectivity index (χ2n) is 13.3. The van der Waals surface area contributed by atoms with Crippen LogP contribution in [0.5, 0.6) is 0 Å². The molecule has 4 aromatic rings. The first-order valence-electron chi connectivity index (χ1n) is 15.8. The first-order valence-corrected chi connectivity index (χ1v) is 17.0. The van der Waals surface area contributed by atoms with Crippen LogP contribution in [0.15, 0.2) is 59.4 Å². The van der Waals surface area contributed by atoms with Crippen molar-refractivity contribution in [1.82, 2.24) is 35.3 Å². The van der Waals surface area contributed by atoms with Crippen molar-refractivity contribution in [2.75, 3.05) is 13.2 Å². The molecule has 0 spiro atoms. The maximum Gasteiger partial charge on any atom is 0.411 e. The van der Waals surface area contributed by atoms with Crippen LogP contribution in [0.2, 0.25) is 5.02 Å². The summed E-state index contributed by atoms with van der Waals surface area (Å²) in [6.07, 6.45) is -5.89. The predicted molar refractivity (Wildman–Crippen MR) is 179 cm³/mol. The van der Waals surface area contributed by atoms with Gasteiger partial charge in [0.15, 0.2) is 5.82 Å². The average molecular weight is 751 g/mol. The number of rotatable bonds is 7. The second kappa shape index (κ2) is 13.8. The third kappa shape index (κ3) is 7.68. The van der Waals surface area contributed by atoms with E-state index in [0.29, 0.717) is 16.9 Å². The summed E-state index contributed by atoms with van der Waals surface area (Å²) in [6.45, 7) is 5.29. The van der Waals surface area contributed by atoms with Gasteiger partial charge in [-0.15, -0.1) is 11.3 Å². The molecule has 11 nitrogen and oxygen atoms in total. The number of halogens is 6. The Hall–Kier alpha value is -4.64. The van der Waals surface area contributed by atoms with Crippen molar-refractivity contribution in [2.24, 2.45) is 10.4 Å². The molecule has 2 N–H and O–H groups in total. The normalized spacial score (nSPS) is 19.4. The monoisotopic (exact) mass is 750 g/mol. The highest BCUT2D eigenvalue weighted by atomic mass is 35.5. The number of amides is 2. The van der Waals surface area contributed by atoms with Gasteiger partial charge in [0.05, 0.1) is 32.7 Å². The number of aliphatic imine (C=N–C) groups is 1. The molecule has 1 aliphatic heterocycles. The molecule has 2 aromatic carbocycles. The van der Waals surface area contributed by atoms with Crippen molar-refractivity contribution < 1.29 is 36.3 Å². The largest absolute Gasteiger partial charge is 0.447 e. The highest BCUT2D eigenvalue weighted by Crippen LogP contribution is 2.49. The van der Waals surface area contributed by atoms with Crippen LogP contribution in [0.25, 0.3) is 16.1 Å². The van der Waals surface area contributed by atoms with E-state index in [9.17, 15) is 22.8 Å². The average Bonchev–Trinajstić information content (AvgIpc) is 3.42. The number of carbonyl (C=O) groups excluding carboxylic acids is 2. The summed E-state index contributed by atoms with van der Waals surface area (Å²) in [4.78, 5) is 41.3. The molecular formula is C33H32ClF5N8O3S. The van der Waals surface area contributed by atoms with Gasteiger partial charge in [-0.2, -0.15) is 18.3 Å². The lowest BCUT2D eigenvalue weighted by Gasteiger charge is -2.34. The number of hydrogen-bond donors (Lipinski definition) is 2. The van der Waals surface area contributed by atoms with Crippen LogP contribution in [-0.2, 0) is 4.74 Å². The smallest absolute Gasteiger partial charge is 0.411 e. The van der Waals surface area contributed by atoms with Crippen LogP contribution in [0, 0.1) is 11.2 Å². The fourth-order valence-corrected chi connectivity index (χ4v) is 6.25. The Bertz CT molecular complexity index is 1960. The van der Waals surface area contributed by atoms with E-state index in [1.165, 1.54) is 47.9 Å². The molecule has 1 saturated carbocycles. The van der Waals surface area contributed by atoms with Gasteiger partial charge in [-0.3, -0.25) is 14.7 Å². The molecule has 1 fully saturated rings. The van der Waals surface area contributed by atoms with E-state index in [1.807, 2.05) is 26.1 Å². The molecule has 2 aliphatic rings. The third-order valence-electron chi connectivity index (χ3n) is 8.45. The van der Waals surface area contributed by atoms with Crippen LogP contribution in [-0.4, -0.2) is 67.5 Å². The Balaban J connectivity index is 1.47. The summed E-state index contributed by atoms with van der Waals surface area (Å²) in [5.74, 6) is -2.60. The van der Waals surface area contributed by atoms with Crippen molar-refractivity contribution in [3.05, 3.63) is 82.2 Å². The number of nitrogens with zero attached hydrogens (tertiary/aromatic N) is 6. The van der Waals surface area contributed by atoms with E-state index in [1.54, 1.807) is 5.51 Å². The molecule has 51 heavy (non-hydrogen) atoms. The molecule has 3 heterocycles. The van der Waals surface area contributed by atoms with Crippen molar-refractivity contribution in [2.45, 2.75) is 64.1 Å². The molecule has 2 bridgehead atoms. The quantitative estimate of drug-likeness (QED) is 0.148. The van der Waals surface area contributed by atoms with Gasteiger partial charge in [0.2, 0.25) is 5.96 Å². The SMILES string of the molecule is CC(C)(C)CCN/C1=N\C(F)c2ncnn2-c2cc(ccc2Cl)[C@@H](COC(=O)NC2(C(F)(F)F)CC2)N1C(=O)c1ccc(-c2cncs2)cc1F. The van der Waals surface area contributed by atoms with E-state index >= 15 is 8.78 Å². The van der Waals surface area contributed by atoms with E-state index in [0.717, 1.165) is 22.0 Å². The summed E-state index contributed by atoms with van der Waals surface area (Å²) < 4.78 is 79.6. The minimum absolute atomic E-state index is 0.103. The number of alkyl carbamates (subject to hydrolysis) is 1. The summed E-state index contributed by atoms with van der Waals surface area (Å²) in [5, 5.41) is 9.10. The zero-order chi connectivity index (χ0) is 36.7. The molecule has 1 unspecified atom stereocenters. The van der Waals surface area contributed by atoms with Gasteiger partial charge in [-0.25, -0.2) is 28.2 Å². The first kappa shape index (κ1) is 36.2. The maximum atomic E-state index is 16.2. The van der Waals surface area contributed by atoms with Crippen molar-refractivity contribution >= 4 is 40.9 Å². The maximum absolute atomic E-state index is 16.2. The number of alkyl halides is 4. The van der Waals surface area contributed by atoms with Crippen LogP contribution in [0.1, 0.15) is 74.1 Å². The Morgan fingerprint density at radius 2 is 1.90 bits per heavy atom. The fraction of sp³-hybridized carbons (Fsp3) is 0.394. The topological polar surface area (TPSA) is 127 Å². The van der Waals surface area contributed by atoms with Crippen LogP contribution in [0.4, 0.5) is 26.7 Å². The standard InChI is InChI=1S/C33H32ClF5N8O3S/c1-31(2,3)10-11-41-29-44-26(36)27-42-16-43-47(27)23-13-18(5-7-21(23)34)24(15-50-30(49)45-32(8-9-32)33(37,38)39)46(29)28(48)20-6-4-19(12-22(20)35)25-14-40-17-51-25/h4-7,12-14,16-17,24,26H,8-11,15H2,1-3H3,(H,41,44)(H,45,49)/t24-,26?/m1/s1. The summed E-state index contributed by atoms with van der Waals surface area (Å²) in [7, 11) is 0. The molecule has 1 aliphatic carbocycles. The number of aromatic nitrogens is 4. The minimum Gasteiger partial charge on any atom is -0.447 e. The summed E-state index contributed by atoms with van der Waals surface area (Å²) >= 11 is 7.76. The van der Waals surface area contributed by atoms with Crippen LogP contribution < -0.4 is 10.6 Å². The zero-order valence-electron chi connectivity index (χ0n) is 27.5. The Morgan fingerprint density at radius 3 is 2.55 bits per heavy atom. The fourth-order valence-electron chi connectivity index (χ4n) is 5.43. The molecule has 6 rings (SSSR count). The molecule has 2 amide bonds. The van der Waals surface area contributed by atoms with E-state index < -0.39 is 54.0 Å². The van der Waals surface area contributed by atoms with Gasteiger partial charge >= 0.3 is 12.3 Å². The van der Waals surface area contributed by atoms with Gasteiger partial charge in [0.25, 0.3) is 12.2 Å². The van der Waals surface area contributed by atoms with Crippen LogP contribution in [0.3, 0.4) is 0 Å². The zero-order valence-corrected chi connectivity index (χ0v) is 29.0. The molecule has 18 heteroatoms. The second-order valence-corrected chi connectivity index (χ2v) is 14.6. The molecule has 270 valence electrons. The molecule has 0 saturated heterocycles. The van der Waals surface area contributed by atoms with Gasteiger partial charge < -0.3 is 15.4 Å². The third-order valence-corrected chi connectivity index (χ3v) is 9.59. The minimum atomic E-state index is -4.72. The Labute approximate surface area is 297 Å². The van der Waals surface area contributed by atoms with Crippen molar-refractivity contribution in [3.8, 4) is 16.1 Å². The lowest BCUT2D eigenvalue weighted by Crippen LogP contribution is -2.51. The number of nitrogens with one attached hydrogen (secondary N) is 2. The van der Waals surface area contributed by atoms with Crippen molar-refractivity contribution in [3.63, 3.8) is 0 Å². The summed E-state index contributed by atoms with van der Waals surface area (Å²) in [5.41, 5.74) is -0.739. The number of guanidine groups is 1. The van der Waals surface area contributed by atoms with E-state index in [-0.39, 0.29) is 52.9 Å². The van der Waals surface area contributed by atoms with Crippen LogP contribution >= 0.6 is 22.9 Å². The number of carbonyl (C=O) groups is 2. The van der Waals surface area contributed by atoms with Gasteiger partial charge in [0, 0.05) is 12.7 Å². The first-order chi connectivity index (χ1) is 24.1. The molecule has 0 radical (unpaired) electrons. The number of fused-ring (bicyclic) bond motifs is 4. The van der Waals surface area contributed by atoms with E-state index in [2.05, 4.69) is 25.4 Å². The number of thiazole rings is 1. The Kier molecular flexibility index (Phi) is 9.80. The number of hydrogen-bond acceptors (Lipinski definition) is 9. The predicted octanol–water partition coefficient (Wildman–Crippen LogP) is 7.55. The lowest BCUT2D eigenvalue weighted by atomic mass is 9.92. The highest BCUT2D eigenvalue weighted by Gasteiger charge is 2.64. The molecule has 2 aromatic heterocycles. The number of benzene rings is 2.